The molecule has 1 aliphatic rings. The van der Waals surface area contributed by atoms with Crippen LogP contribution in [0, 0.1) is 0 Å². The largest absolute Gasteiger partial charge is 0.378 e. The Morgan fingerprint density at radius 3 is 2.78 bits per heavy atom. The van der Waals surface area contributed by atoms with Crippen LogP contribution in [0.1, 0.15) is 38.2 Å². The molecule has 18 heavy (non-hydrogen) atoms. The molecule has 1 aliphatic heterocycles. The molecule has 0 amide bonds. The van der Waals surface area contributed by atoms with E-state index < -0.39 is 0 Å². The average Bonchev–Trinajstić information content (AvgIpc) is 2.41. The Kier molecular flexibility index (Phi) is 5.69. The van der Waals surface area contributed by atoms with Crippen molar-refractivity contribution in [2.24, 2.45) is 0 Å². The summed E-state index contributed by atoms with van der Waals surface area (Å²) in [7, 11) is 0. The van der Waals surface area contributed by atoms with Gasteiger partial charge in [0.1, 0.15) is 0 Å². The van der Waals surface area contributed by atoms with Gasteiger partial charge in [-0.3, -0.25) is 0 Å². The van der Waals surface area contributed by atoms with E-state index in [4.69, 9.17) is 4.74 Å². The Balaban J connectivity index is 1.86. The third kappa shape index (κ3) is 4.43. The highest BCUT2D eigenvalue weighted by molar-refractivity contribution is 5.15. The first-order chi connectivity index (χ1) is 8.88. The van der Waals surface area contributed by atoms with Crippen LogP contribution in [0.3, 0.4) is 0 Å². The zero-order valence-electron chi connectivity index (χ0n) is 11.4. The lowest BCUT2D eigenvalue weighted by molar-refractivity contribution is 0.00535. The van der Waals surface area contributed by atoms with Gasteiger partial charge < -0.3 is 10.1 Å². The molecule has 0 saturated carbocycles. The summed E-state index contributed by atoms with van der Waals surface area (Å²) in [4.78, 5) is 0. The van der Waals surface area contributed by atoms with Crippen LogP contribution in [-0.2, 0) is 11.2 Å². The summed E-state index contributed by atoms with van der Waals surface area (Å²) in [6.45, 7) is 4.17. The van der Waals surface area contributed by atoms with Crippen molar-refractivity contribution in [2.45, 2.75) is 51.2 Å². The van der Waals surface area contributed by atoms with Gasteiger partial charge in [0, 0.05) is 12.6 Å². The van der Waals surface area contributed by atoms with Crippen molar-refractivity contribution < 1.29 is 4.74 Å². The molecule has 1 aromatic carbocycles. The number of benzene rings is 1. The van der Waals surface area contributed by atoms with Crippen molar-refractivity contribution >= 4 is 0 Å². The first-order valence-electron chi connectivity index (χ1n) is 7.27. The maximum Gasteiger partial charge on any atom is 0.0590 e. The molecular formula is C16H25NO. The van der Waals surface area contributed by atoms with Gasteiger partial charge in [-0.25, -0.2) is 0 Å². The summed E-state index contributed by atoms with van der Waals surface area (Å²) in [5.74, 6) is 0. The molecule has 2 nitrogen and oxygen atoms in total. The Morgan fingerprint density at radius 1 is 1.28 bits per heavy atom. The van der Waals surface area contributed by atoms with Crippen LogP contribution in [0.5, 0.6) is 0 Å². The molecule has 1 heterocycles. The number of ether oxygens (including phenoxy) is 1. The molecule has 0 bridgehead atoms. The maximum atomic E-state index is 5.85. The molecule has 100 valence electrons. The number of hydrogen-bond donors (Lipinski definition) is 1. The maximum absolute atomic E-state index is 5.85. The first kappa shape index (κ1) is 13.6. The molecule has 1 N–H and O–H groups in total. The average molecular weight is 247 g/mol. The van der Waals surface area contributed by atoms with E-state index in [9.17, 15) is 0 Å². The summed E-state index contributed by atoms with van der Waals surface area (Å²) in [6.07, 6.45) is 6.51. The van der Waals surface area contributed by atoms with Crippen LogP contribution in [0.15, 0.2) is 30.3 Å². The first-order valence-corrected chi connectivity index (χ1v) is 7.27. The van der Waals surface area contributed by atoms with Crippen LogP contribution in [-0.4, -0.2) is 25.3 Å². The van der Waals surface area contributed by atoms with Gasteiger partial charge in [-0.05, 0) is 44.2 Å². The lowest BCUT2D eigenvalue weighted by Crippen LogP contribution is -2.36. The molecule has 2 unspecified atom stereocenters. The van der Waals surface area contributed by atoms with Gasteiger partial charge in [0.15, 0.2) is 0 Å². The number of nitrogens with one attached hydrogen (secondary N) is 1. The van der Waals surface area contributed by atoms with Gasteiger partial charge in [-0.15, -0.1) is 0 Å². The molecule has 0 aliphatic carbocycles. The number of likely N-dealkylation sites (N-methyl/N-ethyl adjacent to an activating group) is 1. The SMILES string of the molecule is CCNC(Cc1ccccc1)CC1CCCCO1. The second-order valence-corrected chi connectivity index (χ2v) is 5.17. The monoisotopic (exact) mass is 247 g/mol. The second-order valence-electron chi connectivity index (χ2n) is 5.17. The van der Waals surface area contributed by atoms with E-state index in [-0.39, 0.29) is 0 Å². The van der Waals surface area contributed by atoms with Crippen molar-refractivity contribution in [3.8, 4) is 0 Å². The van der Waals surface area contributed by atoms with E-state index in [0.29, 0.717) is 12.1 Å². The zero-order chi connectivity index (χ0) is 12.6. The summed E-state index contributed by atoms with van der Waals surface area (Å²) in [5.41, 5.74) is 1.42. The summed E-state index contributed by atoms with van der Waals surface area (Å²) >= 11 is 0. The number of rotatable bonds is 6. The van der Waals surface area contributed by atoms with Gasteiger partial charge in [-0.2, -0.15) is 0 Å². The smallest absolute Gasteiger partial charge is 0.0590 e. The minimum atomic E-state index is 0.464. The predicted octanol–water partition coefficient (Wildman–Crippen LogP) is 3.17. The minimum Gasteiger partial charge on any atom is -0.378 e. The molecule has 0 spiro atoms. The molecule has 1 aromatic rings. The van der Waals surface area contributed by atoms with Crippen LogP contribution >= 0.6 is 0 Å². The predicted molar refractivity (Wildman–Crippen MR) is 75.8 cm³/mol. The van der Waals surface area contributed by atoms with E-state index in [1.807, 2.05) is 0 Å². The third-order valence-electron chi connectivity index (χ3n) is 3.64. The number of hydrogen-bond acceptors (Lipinski definition) is 2. The van der Waals surface area contributed by atoms with Crippen molar-refractivity contribution in [1.29, 1.82) is 0 Å². The molecule has 0 radical (unpaired) electrons. The Labute approximate surface area is 111 Å². The van der Waals surface area contributed by atoms with E-state index in [0.717, 1.165) is 26.0 Å². The fourth-order valence-corrected chi connectivity index (χ4v) is 2.74. The molecule has 1 fully saturated rings. The molecule has 2 rings (SSSR count). The fraction of sp³-hybridized carbons (Fsp3) is 0.625. The molecule has 2 heteroatoms. The van der Waals surface area contributed by atoms with E-state index >= 15 is 0 Å². The highest BCUT2D eigenvalue weighted by Crippen LogP contribution is 2.18. The van der Waals surface area contributed by atoms with Crippen molar-refractivity contribution in [2.75, 3.05) is 13.2 Å². The van der Waals surface area contributed by atoms with Crippen molar-refractivity contribution in [3.05, 3.63) is 35.9 Å². The van der Waals surface area contributed by atoms with Gasteiger partial charge >= 0.3 is 0 Å². The summed E-state index contributed by atoms with van der Waals surface area (Å²) in [6, 6.07) is 11.3. The lowest BCUT2D eigenvalue weighted by Gasteiger charge is -2.27. The van der Waals surface area contributed by atoms with E-state index in [1.165, 1.54) is 24.8 Å². The fourth-order valence-electron chi connectivity index (χ4n) is 2.74. The zero-order valence-corrected chi connectivity index (χ0v) is 11.4. The highest BCUT2D eigenvalue weighted by Gasteiger charge is 2.19. The Hall–Kier alpha value is -0.860. The quantitative estimate of drug-likeness (QED) is 0.833. The topological polar surface area (TPSA) is 21.3 Å². The molecule has 2 atom stereocenters. The molecule has 0 aromatic heterocycles. The second kappa shape index (κ2) is 7.55. The van der Waals surface area contributed by atoms with E-state index in [2.05, 4.69) is 42.6 Å². The molecular weight excluding hydrogens is 222 g/mol. The van der Waals surface area contributed by atoms with Crippen molar-refractivity contribution in [3.63, 3.8) is 0 Å². The van der Waals surface area contributed by atoms with Gasteiger partial charge in [0.25, 0.3) is 0 Å². The van der Waals surface area contributed by atoms with Crippen molar-refractivity contribution in [1.82, 2.24) is 5.32 Å². The molecule has 1 saturated heterocycles. The summed E-state index contributed by atoms with van der Waals surface area (Å²) < 4.78 is 5.85. The minimum absolute atomic E-state index is 0.464. The Bertz CT molecular complexity index is 319. The van der Waals surface area contributed by atoms with Crippen LogP contribution in [0.4, 0.5) is 0 Å². The Morgan fingerprint density at radius 2 is 2.11 bits per heavy atom. The standard InChI is InChI=1S/C16H25NO/c1-2-17-15(12-14-8-4-3-5-9-14)13-16-10-6-7-11-18-16/h3-5,8-9,15-17H,2,6-7,10-13H2,1H3. The summed E-state index contributed by atoms with van der Waals surface area (Å²) in [5, 5.41) is 3.60. The van der Waals surface area contributed by atoms with E-state index in [1.54, 1.807) is 0 Å². The lowest BCUT2D eigenvalue weighted by atomic mass is 9.97. The normalized spacial score (nSPS) is 21.7. The van der Waals surface area contributed by atoms with Crippen LogP contribution in [0.25, 0.3) is 0 Å². The van der Waals surface area contributed by atoms with Gasteiger partial charge in [0.05, 0.1) is 6.10 Å². The third-order valence-corrected chi connectivity index (χ3v) is 3.64. The van der Waals surface area contributed by atoms with Gasteiger partial charge in [0.2, 0.25) is 0 Å². The highest BCUT2D eigenvalue weighted by atomic mass is 16.5. The van der Waals surface area contributed by atoms with Crippen LogP contribution in [0.2, 0.25) is 0 Å². The van der Waals surface area contributed by atoms with Gasteiger partial charge in [-0.1, -0.05) is 37.3 Å². The van der Waals surface area contributed by atoms with Crippen LogP contribution < -0.4 is 5.32 Å².